The van der Waals surface area contributed by atoms with Crippen LogP contribution in [0.3, 0.4) is 0 Å². The Labute approximate surface area is 152 Å². The van der Waals surface area contributed by atoms with Crippen LogP contribution in [0.1, 0.15) is 5.56 Å². The number of rotatable bonds is 3. The summed E-state index contributed by atoms with van der Waals surface area (Å²) < 4.78 is 45.9. The number of H-pyrrole nitrogens is 1. The molecular weight excluding hydrogens is 375 g/mol. The molecule has 27 heavy (non-hydrogen) atoms. The number of aryl methyl sites for hydroxylation is 1. The van der Waals surface area contributed by atoms with E-state index in [0.717, 1.165) is 18.2 Å². The van der Waals surface area contributed by atoms with Crippen LogP contribution in [0.4, 0.5) is 4.39 Å². The van der Waals surface area contributed by atoms with Gasteiger partial charge in [-0.2, -0.15) is 4.98 Å². The third-order valence-corrected chi connectivity index (χ3v) is 6.04. The van der Waals surface area contributed by atoms with Crippen LogP contribution in [0.2, 0.25) is 0 Å². The average molecular weight is 388 g/mol. The summed E-state index contributed by atoms with van der Waals surface area (Å²) in [6.07, 6.45) is 0. The molecule has 8 nitrogen and oxygen atoms in total. The summed E-state index contributed by atoms with van der Waals surface area (Å²) in [5.74, 6) is -0.0685. The first-order valence-electron chi connectivity index (χ1n) is 7.79. The Balaban J connectivity index is 2.05. The number of sulfone groups is 1. The molecule has 0 amide bonds. The number of nitrogens with one attached hydrogen (secondary N) is 1. The molecule has 0 atom stereocenters. The number of halogens is 1. The fourth-order valence-electron chi connectivity index (χ4n) is 2.91. The van der Waals surface area contributed by atoms with Crippen LogP contribution in [0, 0.1) is 12.7 Å². The van der Waals surface area contributed by atoms with Gasteiger partial charge in [0.25, 0.3) is 5.56 Å². The molecule has 4 rings (SSSR count). The Kier molecular flexibility index (Phi) is 3.74. The minimum Gasteiger partial charge on any atom is -0.497 e. The highest BCUT2D eigenvalue weighted by molar-refractivity contribution is 7.91. The van der Waals surface area contributed by atoms with Gasteiger partial charge in [-0.05, 0) is 42.8 Å². The molecule has 0 saturated heterocycles. The lowest BCUT2D eigenvalue weighted by Crippen LogP contribution is -2.12. The Morgan fingerprint density at radius 2 is 1.96 bits per heavy atom. The predicted molar refractivity (Wildman–Crippen MR) is 94.3 cm³/mol. The smallest absolute Gasteiger partial charge is 0.281 e. The molecule has 1 N–H and O–H groups in total. The highest BCUT2D eigenvalue weighted by atomic mass is 32.2. The van der Waals surface area contributed by atoms with Gasteiger partial charge in [0.2, 0.25) is 14.9 Å². The quantitative estimate of drug-likeness (QED) is 0.537. The zero-order valence-corrected chi connectivity index (χ0v) is 15.0. The molecule has 0 bridgehead atoms. The number of fused-ring (bicyclic) bond motifs is 3. The highest BCUT2D eigenvalue weighted by Crippen LogP contribution is 2.26. The number of methoxy groups -OCH3 is 1. The fraction of sp³-hybridized carbons (Fsp3) is 0.118. The van der Waals surface area contributed by atoms with E-state index in [4.69, 9.17) is 4.74 Å². The van der Waals surface area contributed by atoms with Crippen molar-refractivity contribution in [3.8, 4) is 5.75 Å². The van der Waals surface area contributed by atoms with E-state index in [-0.39, 0.29) is 21.5 Å². The van der Waals surface area contributed by atoms with Crippen LogP contribution in [0.5, 0.6) is 5.75 Å². The van der Waals surface area contributed by atoms with E-state index >= 15 is 0 Å². The second-order valence-electron chi connectivity index (χ2n) is 5.89. The van der Waals surface area contributed by atoms with Crippen LogP contribution < -0.4 is 10.3 Å². The van der Waals surface area contributed by atoms with Crippen molar-refractivity contribution in [2.45, 2.75) is 16.8 Å². The molecule has 10 heteroatoms. The van der Waals surface area contributed by atoms with Gasteiger partial charge in [0.15, 0.2) is 5.65 Å². The number of ether oxygens (including phenoxy) is 1. The van der Waals surface area contributed by atoms with Gasteiger partial charge >= 0.3 is 0 Å². The van der Waals surface area contributed by atoms with Crippen LogP contribution in [0.15, 0.2) is 51.1 Å². The Hall–Kier alpha value is -3.27. The van der Waals surface area contributed by atoms with Gasteiger partial charge in [-0.25, -0.2) is 22.5 Å². The lowest BCUT2D eigenvalue weighted by Gasteiger charge is -2.06. The maximum absolute atomic E-state index is 13.3. The van der Waals surface area contributed by atoms with E-state index in [9.17, 15) is 17.6 Å². The molecule has 2 aromatic carbocycles. The summed E-state index contributed by atoms with van der Waals surface area (Å²) in [7, 11) is -2.66. The van der Waals surface area contributed by atoms with Gasteiger partial charge in [-0.1, -0.05) is 0 Å². The molecule has 0 radical (unpaired) electrons. The van der Waals surface area contributed by atoms with Crippen molar-refractivity contribution in [3.05, 3.63) is 58.1 Å². The standard InChI is InChI=1S/C17H13FN4O4S/c1-9-7-10(18)3-6-14(9)27(24,25)17-15-19-16(23)12-5-4-11(26-2)8-13(12)22(15)21-20-17/h3-8,21H,1-2H3. The van der Waals surface area contributed by atoms with Crippen LogP contribution in [0.25, 0.3) is 16.6 Å². The lowest BCUT2D eigenvalue weighted by molar-refractivity contribution is 0.415. The monoisotopic (exact) mass is 388 g/mol. The minimum absolute atomic E-state index is 0.113. The SMILES string of the molecule is COc1ccc2c(=O)nc3c(S(=O)(=O)c4ccc(F)cc4C)n[nH]n3c2c1. The summed E-state index contributed by atoms with van der Waals surface area (Å²) >= 11 is 0. The molecular formula is C17H13FN4O4S. The number of benzene rings is 2. The van der Waals surface area contributed by atoms with Gasteiger partial charge in [-0.15, -0.1) is 5.10 Å². The van der Waals surface area contributed by atoms with Crippen molar-refractivity contribution < 1.29 is 17.5 Å². The minimum atomic E-state index is -4.13. The molecule has 2 aromatic heterocycles. The number of nitrogens with zero attached hydrogens (tertiary/aromatic N) is 3. The average Bonchev–Trinajstić information content (AvgIpc) is 3.05. The molecule has 0 aliphatic carbocycles. The number of hydrogen-bond donors (Lipinski definition) is 1. The summed E-state index contributed by atoms with van der Waals surface area (Å²) in [4.78, 5) is 16.1. The van der Waals surface area contributed by atoms with Crippen molar-refractivity contribution >= 4 is 26.4 Å². The fourth-order valence-corrected chi connectivity index (χ4v) is 4.39. The summed E-state index contributed by atoms with van der Waals surface area (Å²) in [6.45, 7) is 1.48. The van der Waals surface area contributed by atoms with E-state index < -0.39 is 26.2 Å². The van der Waals surface area contributed by atoms with E-state index in [2.05, 4.69) is 15.3 Å². The van der Waals surface area contributed by atoms with Crippen LogP contribution >= 0.6 is 0 Å². The third-order valence-electron chi connectivity index (χ3n) is 4.22. The first-order valence-corrected chi connectivity index (χ1v) is 9.27. The first kappa shape index (κ1) is 17.2. The Bertz CT molecular complexity index is 1380. The molecule has 0 saturated carbocycles. The molecule has 0 aliphatic heterocycles. The lowest BCUT2D eigenvalue weighted by atomic mass is 10.2. The van der Waals surface area contributed by atoms with Crippen LogP contribution in [-0.4, -0.2) is 35.3 Å². The maximum Gasteiger partial charge on any atom is 0.281 e. The molecule has 2 heterocycles. The van der Waals surface area contributed by atoms with E-state index in [1.807, 2.05) is 0 Å². The van der Waals surface area contributed by atoms with Gasteiger partial charge in [0.05, 0.1) is 22.9 Å². The van der Waals surface area contributed by atoms with E-state index in [1.54, 1.807) is 12.1 Å². The molecule has 4 aromatic rings. The predicted octanol–water partition coefficient (Wildman–Crippen LogP) is 1.86. The summed E-state index contributed by atoms with van der Waals surface area (Å²) in [5.41, 5.74) is -0.152. The van der Waals surface area contributed by atoms with Crippen molar-refractivity contribution in [2.24, 2.45) is 0 Å². The molecule has 0 spiro atoms. The van der Waals surface area contributed by atoms with E-state index in [0.29, 0.717) is 11.3 Å². The maximum atomic E-state index is 13.3. The molecule has 0 aliphatic rings. The second kappa shape index (κ2) is 5.88. The molecule has 0 unspecified atom stereocenters. The Morgan fingerprint density at radius 1 is 1.19 bits per heavy atom. The van der Waals surface area contributed by atoms with Gasteiger partial charge in [0, 0.05) is 6.07 Å². The van der Waals surface area contributed by atoms with Gasteiger partial charge in [-0.3, -0.25) is 4.79 Å². The number of aromatic nitrogens is 4. The van der Waals surface area contributed by atoms with Gasteiger partial charge in [0.1, 0.15) is 11.6 Å². The summed E-state index contributed by atoms with van der Waals surface area (Å²) in [5, 5.41) is 6.30. The largest absolute Gasteiger partial charge is 0.497 e. The van der Waals surface area contributed by atoms with Crippen molar-refractivity contribution in [1.82, 2.24) is 19.8 Å². The molecule has 138 valence electrons. The number of aromatic amines is 1. The molecule has 0 fully saturated rings. The van der Waals surface area contributed by atoms with Crippen molar-refractivity contribution in [3.63, 3.8) is 0 Å². The van der Waals surface area contributed by atoms with Crippen molar-refractivity contribution in [1.29, 1.82) is 0 Å². The highest BCUT2D eigenvalue weighted by Gasteiger charge is 2.28. The number of hydrogen-bond acceptors (Lipinski definition) is 6. The van der Waals surface area contributed by atoms with Crippen molar-refractivity contribution in [2.75, 3.05) is 7.11 Å². The summed E-state index contributed by atoms with van der Waals surface area (Å²) in [6, 6.07) is 8.04. The van der Waals surface area contributed by atoms with Gasteiger partial charge < -0.3 is 4.74 Å². The first-order chi connectivity index (χ1) is 12.8. The Morgan fingerprint density at radius 3 is 2.67 bits per heavy atom. The zero-order valence-electron chi connectivity index (χ0n) is 14.2. The van der Waals surface area contributed by atoms with E-state index in [1.165, 1.54) is 24.6 Å². The topological polar surface area (TPSA) is 106 Å². The van der Waals surface area contributed by atoms with Crippen LogP contribution in [-0.2, 0) is 9.84 Å². The second-order valence-corrected chi connectivity index (χ2v) is 7.72. The zero-order chi connectivity index (χ0) is 19.3. The third kappa shape index (κ3) is 2.56. The normalized spacial score (nSPS) is 12.0.